The van der Waals surface area contributed by atoms with E-state index in [4.69, 9.17) is 22.1 Å². The van der Waals surface area contributed by atoms with Gasteiger partial charge in [0.15, 0.2) is 0 Å². The van der Waals surface area contributed by atoms with E-state index in [0.717, 1.165) is 6.42 Å². The van der Waals surface area contributed by atoms with Gasteiger partial charge >= 0.3 is 0 Å². The third-order valence-corrected chi connectivity index (χ3v) is 3.02. The molecule has 1 rings (SSSR count). The molecule has 0 aliphatic rings. The molecular weight excluding hydrogens is 276 g/mol. The Hall–Kier alpha value is -1.26. The largest absolute Gasteiger partial charge is 0.492 e. The number of carbonyl (C=O) groups is 1. The molecular formula is C15H23ClN2O2. The SMILES string of the molecule is CCCOc1ccc(NC(=O)[C@H](N)CC(C)C)cc1Cl. The molecule has 1 aromatic rings. The molecule has 0 saturated heterocycles. The Kier molecular flexibility index (Phi) is 6.82. The number of hydrogen-bond acceptors (Lipinski definition) is 3. The van der Waals surface area contributed by atoms with Crippen molar-refractivity contribution < 1.29 is 9.53 Å². The summed E-state index contributed by atoms with van der Waals surface area (Å²) in [7, 11) is 0. The van der Waals surface area contributed by atoms with Gasteiger partial charge in [-0.25, -0.2) is 0 Å². The van der Waals surface area contributed by atoms with Gasteiger partial charge in [-0.3, -0.25) is 4.79 Å². The number of benzene rings is 1. The van der Waals surface area contributed by atoms with Crippen molar-refractivity contribution in [2.75, 3.05) is 11.9 Å². The Morgan fingerprint density at radius 2 is 2.15 bits per heavy atom. The summed E-state index contributed by atoms with van der Waals surface area (Å²) in [5.74, 6) is 0.805. The van der Waals surface area contributed by atoms with Crippen LogP contribution in [0.3, 0.4) is 0 Å². The molecule has 0 fully saturated rings. The fourth-order valence-electron chi connectivity index (χ4n) is 1.76. The van der Waals surface area contributed by atoms with Crippen molar-refractivity contribution in [3.63, 3.8) is 0 Å². The average Bonchev–Trinajstić information content (AvgIpc) is 2.37. The Morgan fingerprint density at radius 1 is 1.45 bits per heavy atom. The molecule has 3 N–H and O–H groups in total. The van der Waals surface area contributed by atoms with Crippen LogP contribution >= 0.6 is 11.6 Å². The van der Waals surface area contributed by atoms with Crippen LogP contribution in [0.1, 0.15) is 33.6 Å². The number of carbonyl (C=O) groups excluding carboxylic acids is 1. The molecule has 0 heterocycles. The minimum Gasteiger partial charge on any atom is -0.492 e. The van der Waals surface area contributed by atoms with Crippen LogP contribution in [-0.2, 0) is 4.79 Å². The molecule has 4 nitrogen and oxygen atoms in total. The van der Waals surface area contributed by atoms with E-state index in [0.29, 0.717) is 35.4 Å². The zero-order valence-electron chi connectivity index (χ0n) is 12.3. The van der Waals surface area contributed by atoms with Crippen molar-refractivity contribution in [1.29, 1.82) is 0 Å². The highest BCUT2D eigenvalue weighted by molar-refractivity contribution is 6.32. The monoisotopic (exact) mass is 298 g/mol. The van der Waals surface area contributed by atoms with E-state index in [1.165, 1.54) is 0 Å². The van der Waals surface area contributed by atoms with Crippen LogP contribution in [0.5, 0.6) is 5.75 Å². The minimum absolute atomic E-state index is 0.197. The van der Waals surface area contributed by atoms with Crippen LogP contribution in [0, 0.1) is 5.92 Å². The Bertz CT molecular complexity index is 449. The first kappa shape index (κ1) is 16.8. The number of ether oxygens (including phenoxy) is 1. The summed E-state index contributed by atoms with van der Waals surface area (Å²) in [5.41, 5.74) is 6.46. The number of nitrogens with one attached hydrogen (secondary N) is 1. The molecule has 1 atom stereocenters. The summed E-state index contributed by atoms with van der Waals surface area (Å²) in [5, 5.41) is 3.25. The van der Waals surface area contributed by atoms with Crippen LogP contribution < -0.4 is 15.8 Å². The first-order chi connectivity index (χ1) is 9.43. The van der Waals surface area contributed by atoms with Crippen LogP contribution in [0.2, 0.25) is 5.02 Å². The second-order valence-corrected chi connectivity index (χ2v) is 5.63. The third-order valence-electron chi connectivity index (χ3n) is 2.72. The molecule has 0 aromatic heterocycles. The van der Waals surface area contributed by atoms with E-state index in [-0.39, 0.29) is 5.91 Å². The van der Waals surface area contributed by atoms with E-state index in [2.05, 4.69) is 5.32 Å². The second kappa shape index (κ2) is 8.12. The lowest BCUT2D eigenvalue weighted by atomic mass is 10.0. The maximum absolute atomic E-state index is 11.9. The highest BCUT2D eigenvalue weighted by Crippen LogP contribution is 2.27. The molecule has 0 aliphatic carbocycles. The molecule has 0 radical (unpaired) electrons. The van der Waals surface area contributed by atoms with Gasteiger partial charge in [-0.1, -0.05) is 32.4 Å². The highest BCUT2D eigenvalue weighted by atomic mass is 35.5. The maximum atomic E-state index is 11.9. The molecule has 0 spiro atoms. The van der Waals surface area contributed by atoms with E-state index in [1.807, 2.05) is 20.8 Å². The molecule has 0 bridgehead atoms. The van der Waals surface area contributed by atoms with Gasteiger partial charge in [0.2, 0.25) is 5.91 Å². The van der Waals surface area contributed by atoms with Crippen molar-refractivity contribution in [1.82, 2.24) is 0 Å². The van der Waals surface area contributed by atoms with E-state index < -0.39 is 6.04 Å². The van der Waals surface area contributed by atoms with Gasteiger partial charge in [-0.15, -0.1) is 0 Å². The summed E-state index contributed by atoms with van der Waals surface area (Å²) in [6, 6.07) is 4.68. The number of amides is 1. The van der Waals surface area contributed by atoms with E-state index in [1.54, 1.807) is 18.2 Å². The lowest BCUT2D eigenvalue weighted by Crippen LogP contribution is -2.36. The molecule has 5 heteroatoms. The number of hydrogen-bond donors (Lipinski definition) is 2. The Balaban J connectivity index is 2.64. The third kappa shape index (κ3) is 5.39. The van der Waals surface area contributed by atoms with Gasteiger partial charge in [0.25, 0.3) is 0 Å². The Morgan fingerprint density at radius 3 is 2.70 bits per heavy atom. The van der Waals surface area contributed by atoms with E-state index >= 15 is 0 Å². The van der Waals surface area contributed by atoms with Crippen molar-refractivity contribution in [2.45, 2.75) is 39.7 Å². The smallest absolute Gasteiger partial charge is 0.241 e. The first-order valence-electron chi connectivity index (χ1n) is 6.92. The Labute approximate surface area is 125 Å². The van der Waals surface area contributed by atoms with Crippen LogP contribution in [0.25, 0.3) is 0 Å². The van der Waals surface area contributed by atoms with Crippen LogP contribution in [0.4, 0.5) is 5.69 Å². The molecule has 1 aromatic carbocycles. The highest BCUT2D eigenvalue weighted by Gasteiger charge is 2.15. The predicted molar refractivity (Wildman–Crippen MR) is 83.3 cm³/mol. The van der Waals surface area contributed by atoms with Crippen molar-refractivity contribution in [2.24, 2.45) is 11.7 Å². The van der Waals surface area contributed by atoms with Gasteiger partial charge in [0, 0.05) is 5.69 Å². The minimum atomic E-state index is -0.509. The summed E-state index contributed by atoms with van der Waals surface area (Å²) in [4.78, 5) is 11.9. The molecule has 1 amide bonds. The summed E-state index contributed by atoms with van der Waals surface area (Å²) >= 11 is 6.10. The first-order valence-corrected chi connectivity index (χ1v) is 7.30. The average molecular weight is 299 g/mol. The van der Waals surface area contributed by atoms with Crippen molar-refractivity contribution >= 4 is 23.2 Å². The molecule has 0 aliphatic heterocycles. The molecule has 20 heavy (non-hydrogen) atoms. The lowest BCUT2D eigenvalue weighted by molar-refractivity contribution is -0.117. The van der Waals surface area contributed by atoms with Gasteiger partial charge < -0.3 is 15.8 Å². The van der Waals surface area contributed by atoms with Gasteiger partial charge in [0.1, 0.15) is 5.75 Å². The topological polar surface area (TPSA) is 64.3 Å². The van der Waals surface area contributed by atoms with Crippen LogP contribution in [0.15, 0.2) is 18.2 Å². The summed E-state index contributed by atoms with van der Waals surface area (Å²) in [6.07, 6.45) is 1.57. The zero-order valence-corrected chi connectivity index (χ0v) is 13.0. The fraction of sp³-hybridized carbons (Fsp3) is 0.533. The summed E-state index contributed by atoms with van der Waals surface area (Å²) < 4.78 is 5.48. The van der Waals surface area contributed by atoms with Gasteiger partial charge in [-0.05, 0) is 37.0 Å². The number of rotatable bonds is 7. The lowest BCUT2D eigenvalue weighted by Gasteiger charge is -2.15. The zero-order chi connectivity index (χ0) is 15.1. The van der Waals surface area contributed by atoms with E-state index in [9.17, 15) is 4.79 Å². The maximum Gasteiger partial charge on any atom is 0.241 e. The van der Waals surface area contributed by atoms with Crippen molar-refractivity contribution in [3.05, 3.63) is 23.2 Å². The standard InChI is InChI=1S/C15H23ClN2O2/c1-4-7-20-14-6-5-11(9-12(14)16)18-15(19)13(17)8-10(2)3/h5-6,9-10,13H,4,7-8,17H2,1-3H3,(H,18,19)/t13-/m1/s1. The quantitative estimate of drug-likeness (QED) is 0.810. The van der Waals surface area contributed by atoms with Crippen LogP contribution in [-0.4, -0.2) is 18.6 Å². The normalized spacial score (nSPS) is 12.3. The fourth-order valence-corrected chi connectivity index (χ4v) is 1.99. The number of anilines is 1. The summed E-state index contributed by atoms with van der Waals surface area (Å²) in [6.45, 7) is 6.71. The van der Waals surface area contributed by atoms with Crippen molar-refractivity contribution in [3.8, 4) is 5.75 Å². The van der Waals surface area contributed by atoms with Gasteiger partial charge in [-0.2, -0.15) is 0 Å². The number of halogens is 1. The van der Waals surface area contributed by atoms with Gasteiger partial charge in [0.05, 0.1) is 17.7 Å². The second-order valence-electron chi connectivity index (χ2n) is 5.22. The molecule has 0 saturated carbocycles. The predicted octanol–water partition coefficient (Wildman–Crippen LogP) is 3.44. The molecule has 112 valence electrons. The number of nitrogens with two attached hydrogens (primary N) is 1. The molecule has 0 unspecified atom stereocenters.